The lowest BCUT2D eigenvalue weighted by molar-refractivity contribution is -0.137. The van der Waals surface area contributed by atoms with Gasteiger partial charge in [-0.3, -0.25) is 0 Å². The number of hydrogen-bond acceptors (Lipinski definition) is 4. The van der Waals surface area contributed by atoms with Crippen LogP contribution in [0.2, 0.25) is 0 Å². The second kappa shape index (κ2) is 6.99. The van der Waals surface area contributed by atoms with Gasteiger partial charge >= 0.3 is 5.97 Å². The topological polar surface area (TPSA) is 61.8 Å². The number of ether oxygens (including phenoxy) is 1. The van der Waals surface area contributed by atoms with Crippen LogP contribution in [0.3, 0.4) is 0 Å². The Morgan fingerprint density at radius 2 is 2.16 bits per heavy atom. The van der Waals surface area contributed by atoms with Crippen molar-refractivity contribution < 1.29 is 14.6 Å². The fourth-order valence-electron chi connectivity index (χ4n) is 1.86. The molecule has 0 aliphatic heterocycles. The van der Waals surface area contributed by atoms with Crippen LogP contribution >= 0.6 is 0 Å². The normalized spacial score (nSPS) is 12.3. The van der Waals surface area contributed by atoms with E-state index in [9.17, 15) is 4.79 Å². The van der Waals surface area contributed by atoms with Crippen molar-refractivity contribution in [1.29, 1.82) is 0 Å². The van der Waals surface area contributed by atoms with Crippen molar-refractivity contribution in [2.45, 2.75) is 25.9 Å². The molecule has 0 radical (unpaired) electrons. The highest BCUT2D eigenvalue weighted by Gasteiger charge is 2.16. The number of carboxylic acids is 1. The van der Waals surface area contributed by atoms with Gasteiger partial charge in [0.25, 0.3) is 0 Å². The summed E-state index contributed by atoms with van der Waals surface area (Å²) >= 11 is 0. The van der Waals surface area contributed by atoms with Gasteiger partial charge in [-0.15, -0.1) is 0 Å². The number of nitrogens with one attached hydrogen (secondary N) is 1. The molecular formula is C14H22N2O3. The summed E-state index contributed by atoms with van der Waals surface area (Å²) in [5, 5.41) is 12.1. The number of rotatable bonds is 7. The van der Waals surface area contributed by atoms with Gasteiger partial charge in [-0.05, 0) is 38.2 Å². The van der Waals surface area contributed by atoms with E-state index in [0.717, 1.165) is 17.8 Å². The lowest BCUT2D eigenvalue weighted by Gasteiger charge is -2.18. The lowest BCUT2D eigenvalue weighted by atomic mass is 10.1. The van der Waals surface area contributed by atoms with E-state index in [1.807, 2.05) is 39.2 Å². The number of carbonyl (C=O) groups is 1. The van der Waals surface area contributed by atoms with Gasteiger partial charge in [0.15, 0.2) is 0 Å². The molecule has 19 heavy (non-hydrogen) atoms. The van der Waals surface area contributed by atoms with Crippen LogP contribution in [0.4, 0.5) is 5.69 Å². The Bertz CT molecular complexity index is 433. The molecule has 1 aromatic carbocycles. The van der Waals surface area contributed by atoms with Crippen LogP contribution in [0, 0.1) is 0 Å². The van der Waals surface area contributed by atoms with Crippen LogP contribution in [-0.2, 0) is 11.3 Å². The number of benzene rings is 1. The van der Waals surface area contributed by atoms with Gasteiger partial charge < -0.3 is 20.1 Å². The van der Waals surface area contributed by atoms with E-state index in [4.69, 9.17) is 9.84 Å². The van der Waals surface area contributed by atoms with Gasteiger partial charge in [-0.2, -0.15) is 0 Å². The molecule has 0 heterocycles. The summed E-state index contributed by atoms with van der Waals surface area (Å²) < 4.78 is 5.26. The highest BCUT2D eigenvalue weighted by atomic mass is 16.5. The van der Waals surface area contributed by atoms with E-state index >= 15 is 0 Å². The van der Waals surface area contributed by atoms with Crippen LogP contribution in [0.15, 0.2) is 18.2 Å². The summed E-state index contributed by atoms with van der Waals surface area (Å²) in [5.74, 6) is -0.204. The molecule has 0 aliphatic carbocycles. The molecule has 0 fully saturated rings. The average molecular weight is 266 g/mol. The summed E-state index contributed by atoms with van der Waals surface area (Å²) in [7, 11) is 5.56. The molecule has 0 amide bonds. The molecule has 0 aliphatic rings. The number of anilines is 1. The van der Waals surface area contributed by atoms with E-state index in [1.165, 1.54) is 0 Å². The van der Waals surface area contributed by atoms with Crippen LogP contribution in [0.25, 0.3) is 0 Å². The Morgan fingerprint density at radius 1 is 1.47 bits per heavy atom. The molecule has 0 aromatic heterocycles. The molecule has 2 N–H and O–H groups in total. The van der Waals surface area contributed by atoms with Gasteiger partial charge in [0.1, 0.15) is 11.8 Å². The highest BCUT2D eigenvalue weighted by Crippen LogP contribution is 2.27. The minimum atomic E-state index is -0.859. The standard InChI is InChI=1S/C14H22N2O3/c1-5-11(14(17)18)15-12-8-10(9-16(2)3)6-7-13(12)19-4/h6-8,11,15H,5,9H2,1-4H3,(H,17,18). The molecule has 106 valence electrons. The third-order valence-corrected chi connectivity index (χ3v) is 2.80. The van der Waals surface area contributed by atoms with E-state index in [2.05, 4.69) is 10.2 Å². The highest BCUT2D eigenvalue weighted by molar-refractivity contribution is 5.78. The van der Waals surface area contributed by atoms with Gasteiger partial charge in [0.05, 0.1) is 12.8 Å². The maximum atomic E-state index is 11.1. The van der Waals surface area contributed by atoms with Crippen molar-refractivity contribution >= 4 is 11.7 Å². The van der Waals surface area contributed by atoms with Crippen molar-refractivity contribution in [1.82, 2.24) is 4.90 Å². The zero-order chi connectivity index (χ0) is 14.4. The van der Waals surface area contributed by atoms with Crippen molar-refractivity contribution in [3.8, 4) is 5.75 Å². The maximum Gasteiger partial charge on any atom is 0.326 e. The van der Waals surface area contributed by atoms with Crippen molar-refractivity contribution in [2.24, 2.45) is 0 Å². The minimum Gasteiger partial charge on any atom is -0.495 e. The lowest BCUT2D eigenvalue weighted by Crippen LogP contribution is -2.28. The number of methoxy groups -OCH3 is 1. The molecule has 1 unspecified atom stereocenters. The van der Waals surface area contributed by atoms with Crippen molar-refractivity contribution in [2.75, 3.05) is 26.5 Å². The third-order valence-electron chi connectivity index (χ3n) is 2.80. The van der Waals surface area contributed by atoms with Gasteiger partial charge in [-0.1, -0.05) is 13.0 Å². The number of carboxylic acid groups (broad SMARTS) is 1. The van der Waals surface area contributed by atoms with Gasteiger partial charge in [0.2, 0.25) is 0 Å². The molecule has 5 nitrogen and oxygen atoms in total. The molecule has 0 spiro atoms. The first-order valence-electron chi connectivity index (χ1n) is 6.29. The first-order chi connectivity index (χ1) is 8.97. The van der Waals surface area contributed by atoms with Crippen LogP contribution in [0.5, 0.6) is 5.75 Å². The minimum absolute atomic E-state index is 0.510. The molecule has 5 heteroatoms. The quantitative estimate of drug-likeness (QED) is 0.790. The fraction of sp³-hybridized carbons (Fsp3) is 0.500. The van der Waals surface area contributed by atoms with Crippen LogP contribution < -0.4 is 10.1 Å². The summed E-state index contributed by atoms with van der Waals surface area (Å²) in [4.78, 5) is 13.1. The zero-order valence-corrected chi connectivity index (χ0v) is 11.9. The molecule has 1 aromatic rings. The number of nitrogens with zero attached hydrogens (tertiary/aromatic N) is 1. The summed E-state index contributed by atoms with van der Waals surface area (Å²) in [6.45, 7) is 2.63. The first kappa shape index (κ1) is 15.3. The SMILES string of the molecule is CCC(Nc1cc(CN(C)C)ccc1OC)C(=O)O. The van der Waals surface area contributed by atoms with E-state index in [1.54, 1.807) is 7.11 Å². The van der Waals surface area contributed by atoms with Gasteiger partial charge in [0, 0.05) is 6.54 Å². The molecule has 0 saturated heterocycles. The van der Waals surface area contributed by atoms with Crippen LogP contribution in [-0.4, -0.2) is 43.2 Å². The second-order valence-electron chi connectivity index (χ2n) is 4.72. The van der Waals surface area contributed by atoms with E-state index in [0.29, 0.717) is 12.2 Å². The molecule has 1 rings (SSSR count). The molecule has 0 bridgehead atoms. The Morgan fingerprint density at radius 3 is 2.63 bits per heavy atom. The smallest absolute Gasteiger partial charge is 0.326 e. The summed E-state index contributed by atoms with van der Waals surface area (Å²) in [6.07, 6.45) is 0.510. The summed E-state index contributed by atoms with van der Waals surface area (Å²) in [5.41, 5.74) is 1.82. The zero-order valence-electron chi connectivity index (χ0n) is 11.9. The van der Waals surface area contributed by atoms with E-state index in [-0.39, 0.29) is 0 Å². The molecular weight excluding hydrogens is 244 g/mol. The Balaban J connectivity index is 2.98. The number of hydrogen-bond donors (Lipinski definition) is 2. The Hall–Kier alpha value is -1.75. The predicted octanol–water partition coefficient (Wildman–Crippen LogP) is 2.03. The monoisotopic (exact) mass is 266 g/mol. The Labute approximate surface area is 114 Å². The first-order valence-corrected chi connectivity index (χ1v) is 6.29. The molecule has 1 atom stereocenters. The van der Waals surface area contributed by atoms with Crippen molar-refractivity contribution in [3.63, 3.8) is 0 Å². The second-order valence-corrected chi connectivity index (χ2v) is 4.72. The largest absolute Gasteiger partial charge is 0.495 e. The summed E-state index contributed by atoms with van der Waals surface area (Å²) in [6, 6.07) is 5.16. The number of aliphatic carboxylic acids is 1. The van der Waals surface area contributed by atoms with Gasteiger partial charge in [-0.25, -0.2) is 4.79 Å². The fourth-order valence-corrected chi connectivity index (χ4v) is 1.86. The predicted molar refractivity (Wildman–Crippen MR) is 75.7 cm³/mol. The van der Waals surface area contributed by atoms with Crippen molar-refractivity contribution in [3.05, 3.63) is 23.8 Å². The Kier molecular flexibility index (Phi) is 5.63. The average Bonchev–Trinajstić information content (AvgIpc) is 2.35. The molecule has 0 saturated carbocycles. The van der Waals surface area contributed by atoms with E-state index < -0.39 is 12.0 Å². The maximum absolute atomic E-state index is 11.1. The van der Waals surface area contributed by atoms with Crippen LogP contribution in [0.1, 0.15) is 18.9 Å². The third kappa shape index (κ3) is 4.44.